The van der Waals surface area contributed by atoms with E-state index in [4.69, 9.17) is 0 Å². The Labute approximate surface area is 184 Å². The van der Waals surface area contributed by atoms with E-state index in [1.807, 2.05) is 4.90 Å². The average molecular weight is 465 g/mol. The Morgan fingerprint density at radius 3 is 1.94 bits per heavy atom. The second kappa shape index (κ2) is 10.1. The highest BCUT2D eigenvalue weighted by Crippen LogP contribution is 2.21. The fourth-order valence-corrected chi connectivity index (χ4v) is 5.50. The lowest BCUT2D eigenvalue weighted by Gasteiger charge is -2.30. The summed E-state index contributed by atoms with van der Waals surface area (Å²) >= 11 is 0. The number of nitro benzene ring substituents is 2. The number of nitro groups is 2. The van der Waals surface area contributed by atoms with Crippen molar-refractivity contribution in [2.45, 2.75) is 25.2 Å². The smallest absolute Gasteiger partial charge is 0.269 e. The maximum absolute atomic E-state index is 12.0. The Kier molecular flexibility index (Phi) is 7.51. The van der Waals surface area contributed by atoms with E-state index in [1.54, 1.807) is 24.3 Å². The van der Waals surface area contributed by atoms with Crippen molar-refractivity contribution >= 4 is 21.2 Å². The van der Waals surface area contributed by atoms with Crippen molar-refractivity contribution in [3.8, 4) is 0 Å². The molecule has 0 saturated carbocycles. The predicted molar refractivity (Wildman–Crippen MR) is 117 cm³/mol. The van der Waals surface area contributed by atoms with E-state index in [9.17, 15) is 33.8 Å². The minimum Gasteiger partial charge on any atom is -0.390 e. The fraction of sp³-hybridized carbons (Fsp3) is 0.400. The van der Waals surface area contributed by atoms with E-state index in [1.165, 1.54) is 24.3 Å². The summed E-state index contributed by atoms with van der Waals surface area (Å²) < 4.78 is 24.0. The predicted octanol–water partition coefficient (Wildman–Crippen LogP) is 1.25. The molecule has 2 atom stereocenters. The van der Waals surface area contributed by atoms with E-state index in [-0.39, 0.29) is 22.9 Å². The average Bonchev–Trinajstić information content (AvgIpc) is 3.03. The standard InChI is InChI=1S/C20H24N4O7S/c25-20-14-32(30,31)13-19(20)22(12-16-3-7-18(8-4-16)24(28)29)10-9-21-11-15-1-5-17(6-2-15)23(26)27/h1-8,19-21,25H,9-14H2/t19-,20+/m0/s1. The topological polar surface area (TPSA) is 156 Å². The van der Waals surface area contributed by atoms with Gasteiger partial charge in [0.05, 0.1) is 33.5 Å². The van der Waals surface area contributed by atoms with Crippen molar-refractivity contribution in [3.05, 3.63) is 79.9 Å². The Hall–Kier alpha value is -2.93. The molecule has 172 valence electrons. The van der Waals surface area contributed by atoms with Gasteiger partial charge in [-0.2, -0.15) is 0 Å². The highest BCUT2D eigenvalue weighted by atomic mass is 32.2. The maximum Gasteiger partial charge on any atom is 0.269 e. The zero-order valence-corrected chi connectivity index (χ0v) is 18.0. The van der Waals surface area contributed by atoms with Crippen molar-refractivity contribution < 1.29 is 23.4 Å². The van der Waals surface area contributed by atoms with Crippen LogP contribution in [0.1, 0.15) is 11.1 Å². The van der Waals surface area contributed by atoms with Gasteiger partial charge >= 0.3 is 0 Å². The number of nitrogens with zero attached hydrogens (tertiary/aromatic N) is 3. The van der Waals surface area contributed by atoms with Crippen LogP contribution in [0.3, 0.4) is 0 Å². The molecule has 2 N–H and O–H groups in total. The van der Waals surface area contributed by atoms with E-state index in [2.05, 4.69) is 5.32 Å². The molecule has 12 heteroatoms. The van der Waals surface area contributed by atoms with Gasteiger partial charge in [0.25, 0.3) is 11.4 Å². The lowest BCUT2D eigenvalue weighted by Crippen LogP contribution is -2.45. The molecule has 1 aliphatic heterocycles. The second-order valence-corrected chi connectivity index (χ2v) is 9.86. The Morgan fingerprint density at radius 2 is 1.47 bits per heavy atom. The molecule has 0 aliphatic carbocycles. The van der Waals surface area contributed by atoms with Gasteiger partial charge in [-0.1, -0.05) is 24.3 Å². The molecule has 1 saturated heterocycles. The summed E-state index contributed by atoms with van der Waals surface area (Å²) in [6.45, 7) is 1.71. The minimum absolute atomic E-state index is 0.0134. The molecule has 2 aromatic rings. The number of aliphatic hydroxyl groups excluding tert-OH is 1. The van der Waals surface area contributed by atoms with Crippen LogP contribution in [0.2, 0.25) is 0 Å². The van der Waals surface area contributed by atoms with Crippen LogP contribution in [0.15, 0.2) is 48.5 Å². The monoisotopic (exact) mass is 464 g/mol. The Bertz CT molecular complexity index is 1060. The third kappa shape index (κ3) is 6.29. The molecule has 0 radical (unpaired) electrons. The SMILES string of the molecule is O=[N+]([O-])c1ccc(CNCCN(Cc2ccc([N+](=O)[O-])cc2)[C@H]2CS(=O)(=O)C[C@H]2O)cc1. The Morgan fingerprint density at radius 1 is 0.938 bits per heavy atom. The largest absolute Gasteiger partial charge is 0.390 e. The summed E-state index contributed by atoms with van der Waals surface area (Å²) in [6, 6.07) is 11.6. The molecule has 0 aromatic heterocycles. The third-order valence-electron chi connectivity index (χ3n) is 5.35. The van der Waals surface area contributed by atoms with Crippen LogP contribution in [0.5, 0.6) is 0 Å². The summed E-state index contributed by atoms with van der Waals surface area (Å²) in [7, 11) is -3.34. The molecule has 0 amide bonds. The summed E-state index contributed by atoms with van der Waals surface area (Å²) in [4.78, 5) is 22.5. The van der Waals surface area contributed by atoms with Gasteiger partial charge in [-0.15, -0.1) is 0 Å². The van der Waals surface area contributed by atoms with Crippen molar-refractivity contribution in [1.29, 1.82) is 0 Å². The molecular formula is C20H24N4O7S. The van der Waals surface area contributed by atoms with Gasteiger partial charge < -0.3 is 10.4 Å². The molecule has 3 rings (SSSR count). The molecule has 32 heavy (non-hydrogen) atoms. The fourth-order valence-electron chi connectivity index (χ4n) is 3.67. The normalized spacial score (nSPS) is 19.8. The first-order chi connectivity index (χ1) is 15.1. The Balaban J connectivity index is 1.63. The van der Waals surface area contributed by atoms with Crippen LogP contribution in [-0.2, 0) is 22.9 Å². The molecule has 1 heterocycles. The quantitative estimate of drug-likeness (QED) is 0.300. The van der Waals surface area contributed by atoms with Crippen molar-refractivity contribution in [2.24, 2.45) is 0 Å². The van der Waals surface area contributed by atoms with E-state index < -0.39 is 31.8 Å². The number of rotatable bonds is 10. The first kappa shape index (κ1) is 23.7. The molecule has 0 bridgehead atoms. The van der Waals surface area contributed by atoms with Crippen molar-refractivity contribution in [2.75, 3.05) is 24.6 Å². The minimum atomic E-state index is -3.34. The van der Waals surface area contributed by atoms with Gasteiger partial charge in [0.15, 0.2) is 9.84 Å². The molecule has 2 aromatic carbocycles. The van der Waals surface area contributed by atoms with Gasteiger partial charge in [-0.05, 0) is 11.1 Å². The third-order valence-corrected chi connectivity index (χ3v) is 7.05. The maximum atomic E-state index is 12.0. The van der Waals surface area contributed by atoms with Gasteiger partial charge in [0.1, 0.15) is 0 Å². The van der Waals surface area contributed by atoms with Crippen LogP contribution < -0.4 is 5.32 Å². The summed E-state index contributed by atoms with van der Waals surface area (Å²) in [5.41, 5.74) is 1.61. The van der Waals surface area contributed by atoms with Gasteiger partial charge in [-0.3, -0.25) is 25.1 Å². The zero-order valence-electron chi connectivity index (χ0n) is 17.2. The molecular weight excluding hydrogens is 440 g/mol. The van der Waals surface area contributed by atoms with Gasteiger partial charge in [0.2, 0.25) is 0 Å². The zero-order chi connectivity index (χ0) is 23.3. The van der Waals surface area contributed by atoms with Gasteiger partial charge in [-0.25, -0.2) is 8.42 Å². The van der Waals surface area contributed by atoms with Crippen molar-refractivity contribution in [1.82, 2.24) is 10.2 Å². The number of non-ortho nitro benzene ring substituents is 2. The lowest BCUT2D eigenvalue weighted by molar-refractivity contribution is -0.385. The summed E-state index contributed by atoms with van der Waals surface area (Å²) in [6.07, 6.45) is -1.01. The van der Waals surface area contributed by atoms with E-state index in [0.717, 1.165) is 11.1 Å². The first-order valence-corrected chi connectivity index (χ1v) is 11.8. The molecule has 1 fully saturated rings. The summed E-state index contributed by atoms with van der Waals surface area (Å²) in [5.74, 6) is -0.436. The molecule has 11 nitrogen and oxygen atoms in total. The highest BCUT2D eigenvalue weighted by molar-refractivity contribution is 7.91. The van der Waals surface area contributed by atoms with Crippen LogP contribution in [0, 0.1) is 20.2 Å². The number of benzene rings is 2. The number of nitrogens with one attached hydrogen (secondary N) is 1. The molecule has 0 unspecified atom stereocenters. The number of aliphatic hydroxyl groups is 1. The number of hydrogen-bond donors (Lipinski definition) is 2. The molecule has 0 spiro atoms. The number of sulfone groups is 1. The van der Waals surface area contributed by atoms with Gasteiger partial charge in [0, 0.05) is 50.4 Å². The first-order valence-electron chi connectivity index (χ1n) is 9.94. The van der Waals surface area contributed by atoms with Crippen LogP contribution in [-0.4, -0.2) is 65.0 Å². The second-order valence-electron chi connectivity index (χ2n) is 7.71. The lowest BCUT2D eigenvalue weighted by atomic mass is 10.1. The van der Waals surface area contributed by atoms with E-state index >= 15 is 0 Å². The van der Waals surface area contributed by atoms with Crippen LogP contribution in [0.25, 0.3) is 0 Å². The van der Waals surface area contributed by atoms with E-state index in [0.29, 0.717) is 26.2 Å². The van der Waals surface area contributed by atoms with Crippen LogP contribution in [0.4, 0.5) is 11.4 Å². The highest BCUT2D eigenvalue weighted by Gasteiger charge is 2.39. The summed E-state index contributed by atoms with van der Waals surface area (Å²) in [5, 5.41) is 35.1. The molecule has 1 aliphatic rings. The van der Waals surface area contributed by atoms with Crippen molar-refractivity contribution in [3.63, 3.8) is 0 Å². The number of hydrogen-bond acceptors (Lipinski definition) is 9. The van der Waals surface area contributed by atoms with Crippen LogP contribution >= 0.6 is 0 Å².